The molecule has 1 unspecified atom stereocenters. The average molecular weight is 466 g/mol. The first-order chi connectivity index (χ1) is 16.1. The summed E-state index contributed by atoms with van der Waals surface area (Å²) in [5.74, 6) is 1.41. The number of nitrogens with zero attached hydrogens (tertiary/aromatic N) is 2. The molecule has 2 aromatic carbocycles. The maximum Gasteiger partial charge on any atom is 0.251 e. The molecule has 0 bridgehead atoms. The van der Waals surface area contributed by atoms with Gasteiger partial charge in [-0.25, -0.2) is 4.98 Å². The number of thiazole rings is 1. The molecule has 33 heavy (non-hydrogen) atoms. The van der Waals surface area contributed by atoms with Gasteiger partial charge in [-0.2, -0.15) is 0 Å². The highest BCUT2D eigenvalue weighted by molar-refractivity contribution is 7.09. The highest BCUT2D eigenvalue weighted by Crippen LogP contribution is 2.31. The molecule has 4 rings (SSSR count). The number of carbonyl (C=O) groups excluding carboxylic acids is 1. The lowest BCUT2D eigenvalue weighted by Gasteiger charge is -2.35. The van der Waals surface area contributed by atoms with Gasteiger partial charge >= 0.3 is 0 Å². The van der Waals surface area contributed by atoms with Gasteiger partial charge in [-0.05, 0) is 57.1 Å². The molecular formula is C26H31N3O3S. The Kier molecular flexibility index (Phi) is 7.96. The summed E-state index contributed by atoms with van der Waals surface area (Å²) in [4.78, 5) is 19.9. The van der Waals surface area contributed by atoms with E-state index in [1.807, 2.05) is 48.7 Å². The minimum Gasteiger partial charge on any atom is -0.496 e. The van der Waals surface area contributed by atoms with E-state index in [-0.39, 0.29) is 11.9 Å². The van der Waals surface area contributed by atoms with Gasteiger partial charge in [-0.15, -0.1) is 11.3 Å². The van der Waals surface area contributed by atoms with Crippen LogP contribution >= 0.6 is 11.3 Å². The van der Waals surface area contributed by atoms with Crippen molar-refractivity contribution in [3.63, 3.8) is 0 Å². The summed E-state index contributed by atoms with van der Waals surface area (Å²) in [5.41, 5.74) is 2.59. The number of para-hydroxylation sites is 1. The Bertz CT molecular complexity index is 1060. The zero-order valence-electron chi connectivity index (χ0n) is 19.3. The number of hydrogen-bond acceptors (Lipinski definition) is 6. The van der Waals surface area contributed by atoms with Crippen LogP contribution in [0.5, 0.6) is 11.5 Å². The van der Waals surface area contributed by atoms with Crippen molar-refractivity contribution in [2.75, 3.05) is 26.7 Å². The summed E-state index contributed by atoms with van der Waals surface area (Å²) in [6.07, 6.45) is 3.61. The molecule has 174 valence electrons. The molecule has 1 amide bonds. The average Bonchev–Trinajstić information content (AvgIpc) is 3.29. The molecule has 0 radical (unpaired) electrons. The zero-order chi connectivity index (χ0) is 23.0. The van der Waals surface area contributed by atoms with Crippen LogP contribution in [0, 0.1) is 6.92 Å². The molecule has 1 aromatic heterocycles. The molecule has 7 heteroatoms. The summed E-state index contributed by atoms with van der Waals surface area (Å²) < 4.78 is 11.5. The highest BCUT2D eigenvalue weighted by Gasteiger charge is 2.25. The maximum atomic E-state index is 13.0. The quantitative estimate of drug-likeness (QED) is 0.482. The molecule has 1 fully saturated rings. The number of carbonyl (C=O) groups is 1. The Morgan fingerprint density at radius 1 is 1.15 bits per heavy atom. The molecule has 6 nitrogen and oxygen atoms in total. The Morgan fingerprint density at radius 3 is 2.73 bits per heavy atom. The minimum atomic E-state index is -0.109. The van der Waals surface area contributed by atoms with Gasteiger partial charge in [0.15, 0.2) is 0 Å². The Balaban J connectivity index is 1.43. The molecule has 1 N–H and O–H groups in total. The van der Waals surface area contributed by atoms with E-state index in [0.29, 0.717) is 24.5 Å². The van der Waals surface area contributed by atoms with Gasteiger partial charge < -0.3 is 14.8 Å². The molecule has 2 heterocycles. The van der Waals surface area contributed by atoms with E-state index in [2.05, 4.69) is 21.3 Å². The van der Waals surface area contributed by atoms with Crippen molar-refractivity contribution in [2.45, 2.75) is 38.8 Å². The monoisotopic (exact) mass is 465 g/mol. The first-order valence-corrected chi connectivity index (χ1v) is 12.3. The lowest BCUT2D eigenvalue weighted by Crippen LogP contribution is -2.40. The van der Waals surface area contributed by atoms with Crippen molar-refractivity contribution in [1.82, 2.24) is 15.2 Å². The Morgan fingerprint density at radius 2 is 1.97 bits per heavy atom. The zero-order valence-corrected chi connectivity index (χ0v) is 20.1. The normalized spacial score (nSPS) is 15.1. The van der Waals surface area contributed by atoms with Crippen LogP contribution in [-0.4, -0.2) is 42.5 Å². The molecule has 1 aliphatic heterocycles. The molecule has 0 saturated carbocycles. The van der Waals surface area contributed by atoms with Crippen LogP contribution in [0.4, 0.5) is 0 Å². The van der Waals surface area contributed by atoms with Gasteiger partial charge in [0.2, 0.25) is 0 Å². The molecule has 0 aliphatic carbocycles. The Labute approximate surface area is 199 Å². The second-order valence-corrected chi connectivity index (χ2v) is 9.30. The number of methoxy groups -OCH3 is 1. The lowest BCUT2D eigenvalue weighted by atomic mass is 10.0. The lowest BCUT2D eigenvalue weighted by molar-refractivity contribution is 0.0922. The molecule has 1 atom stereocenters. The van der Waals surface area contributed by atoms with E-state index in [0.717, 1.165) is 35.1 Å². The summed E-state index contributed by atoms with van der Waals surface area (Å²) in [5, 5.41) is 6.15. The van der Waals surface area contributed by atoms with Gasteiger partial charge in [-0.3, -0.25) is 9.69 Å². The minimum absolute atomic E-state index is 0.0673. The fraction of sp³-hybridized carbons (Fsp3) is 0.385. The van der Waals surface area contributed by atoms with Crippen molar-refractivity contribution < 1.29 is 14.3 Å². The number of hydrogen-bond donors (Lipinski definition) is 1. The van der Waals surface area contributed by atoms with Crippen molar-refractivity contribution in [3.8, 4) is 11.5 Å². The summed E-state index contributed by atoms with van der Waals surface area (Å²) >= 11 is 1.60. The SMILES string of the molecule is COc1ccccc1C(CNC(=O)c1cccc(OCc2csc(C)n2)c1)N1CCCCC1. The molecule has 1 aliphatic rings. The predicted molar refractivity (Wildman–Crippen MR) is 131 cm³/mol. The molecule has 0 spiro atoms. The van der Waals surface area contributed by atoms with Gasteiger partial charge in [0, 0.05) is 23.1 Å². The van der Waals surface area contributed by atoms with Crippen LogP contribution in [0.15, 0.2) is 53.9 Å². The number of likely N-dealkylation sites (tertiary alicyclic amines) is 1. The van der Waals surface area contributed by atoms with Crippen molar-refractivity contribution in [2.24, 2.45) is 0 Å². The van der Waals surface area contributed by atoms with Gasteiger partial charge in [0.25, 0.3) is 5.91 Å². The van der Waals surface area contributed by atoms with Crippen LogP contribution in [0.25, 0.3) is 0 Å². The predicted octanol–water partition coefficient (Wildman–Crippen LogP) is 5.00. The standard InChI is InChI=1S/C26H31N3O3S/c1-19-28-21(18-33-19)17-32-22-10-8-9-20(15-22)26(30)27-16-24(29-13-6-3-7-14-29)23-11-4-5-12-25(23)31-2/h4-5,8-12,15,18,24H,3,6-7,13-14,16-17H2,1-2H3,(H,27,30). The summed E-state index contributed by atoms with van der Waals surface area (Å²) in [7, 11) is 1.70. The number of rotatable bonds is 9. The number of piperidine rings is 1. The fourth-order valence-corrected chi connectivity index (χ4v) is 4.86. The van der Waals surface area contributed by atoms with Crippen LogP contribution in [0.2, 0.25) is 0 Å². The van der Waals surface area contributed by atoms with Crippen LogP contribution < -0.4 is 14.8 Å². The number of amides is 1. The van der Waals surface area contributed by atoms with Crippen molar-refractivity contribution in [3.05, 3.63) is 75.7 Å². The molecular weight excluding hydrogens is 434 g/mol. The van der Waals surface area contributed by atoms with E-state index in [4.69, 9.17) is 9.47 Å². The topological polar surface area (TPSA) is 63.7 Å². The number of aryl methyl sites for hydroxylation is 1. The van der Waals surface area contributed by atoms with E-state index in [9.17, 15) is 4.79 Å². The largest absolute Gasteiger partial charge is 0.496 e. The number of aromatic nitrogens is 1. The number of benzene rings is 2. The first-order valence-electron chi connectivity index (χ1n) is 11.4. The molecule has 1 saturated heterocycles. The van der Waals surface area contributed by atoms with Gasteiger partial charge in [0.05, 0.1) is 23.9 Å². The third kappa shape index (κ3) is 6.12. The van der Waals surface area contributed by atoms with Crippen LogP contribution in [-0.2, 0) is 6.61 Å². The smallest absolute Gasteiger partial charge is 0.251 e. The second kappa shape index (κ2) is 11.3. The Hall–Kier alpha value is -2.90. The number of nitrogens with one attached hydrogen (secondary N) is 1. The fourth-order valence-electron chi connectivity index (χ4n) is 4.26. The van der Waals surface area contributed by atoms with E-state index in [1.54, 1.807) is 24.5 Å². The molecule has 3 aromatic rings. The van der Waals surface area contributed by atoms with Gasteiger partial charge in [-0.1, -0.05) is 30.7 Å². The van der Waals surface area contributed by atoms with Crippen molar-refractivity contribution >= 4 is 17.2 Å². The number of ether oxygens (including phenoxy) is 2. The highest BCUT2D eigenvalue weighted by atomic mass is 32.1. The third-order valence-electron chi connectivity index (χ3n) is 5.93. The first kappa shape index (κ1) is 23.3. The van der Waals surface area contributed by atoms with E-state index >= 15 is 0 Å². The van der Waals surface area contributed by atoms with E-state index < -0.39 is 0 Å². The van der Waals surface area contributed by atoms with Crippen LogP contribution in [0.1, 0.15) is 51.9 Å². The van der Waals surface area contributed by atoms with Gasteiger partial charge in [0.1, 0.15) is 18.1 Å². The van der Waals surface area contributed by atoms with Crippen molar-refractivity contribution in [1.29, 1.82) is 0 Å². The second-order valence-electron chi connectivity index (χ2n) is 8.24. The summed E-state index contributed by atoms with van der Waals surface area (Å²) in [6.45, 7) is 4.93. The third-order valence-corrected chi connectivity index (χ3v) is 6.76. The summed E-state index contributed by atoms with van der Waals surface area (Å²) in [6, 6.07) is 15.5. The van der Waals surface area contributed by atoms with E-state index in [1.165, 1.54) is 19.3 Å². The maximum absolute atomic E-state index is 13.0. The van der Waals surface area contributed by atoms with Crippen LogP contribution in [0.3, 0.4) is 0 Å².